The monoisotopic (exact) mass is 264 g/mol. The summed E-state index contributed by atoms with van der Waals surface area (Å²) in [5.41, 5.74) is 7.04. The molecule has 103 valence electrons. The minimum Gasteiger partial charge on any atom is -0.458 e. The third-order valence-corrected chi connectivity index (χ3v) is 2.63. The van der Waals surface area contributed by atoms with Crippen molar-refractivity contribution in [2.75, 3.05) is 19.3 Å². The lowest BCUT2D eigenvalue weighted by Gasteiger charge is -2.23. The molecule has 0 aliphatic heterocycles. The summed E-state index contributed by atoms with van der Waals surface area (Å²) in [6.07, 6.45) is 0.870. The number of nitrogens with two attached hydrogens (primary N) is 1. The molecular weight excluding hydrogens is 246 g/mol. The molecule has 0 saturated heterocycles. The van der Waals surface area contributed by atoms with E-state index in [1.165, 1.54) is 4.90 Å². The number of nitrogens with zero attached hydrogens (tertiary/aromatic N) is 1. The highest BCUT2D eigenvalue weighted by molar-refractivity contribution is 5.77. The van der Waals surface area contributed by atoms with Crippen LogP contribution in [0.5, 0.6) is 0 Å². The van der Waals surface area contributed by atoms with Crippen LogP contribution in [0.25, 0.3) is 0 Å². The Morgan fingerprint density at radius 2 is 2.11 bits per heavy atom. The van der Waals surface area contributed by atoms with E-state index in [0.29, 0.717) is 12.2 Å². The number of carbonyl (C=O) groups is 1. The lowest BCUT2D eigenvalue weighted by molar-refractivity contribution is -0.150. The first-order valence-electron chi connectivity index (χ1n) is 5.95. The fourth-order valence-electron chi connectivity index (χ4n) is 1.55. The number of anilines is 1. The number of hydrogen-bond acceptors (Lipinski definition) is 5. The van der Waals surface area contributed by atoms with E-state index >= 15 is 0 Å². The summed E-state index contributed by atoms with van der Waals surface area (Å²) in [5, 5.41) is 2.72. The second-order valence-electron chi connectivity index (χ2n) is 3.92. The van der Waals surface area contributed by atoms with Crippen LogP contribution in [-0.2, 0) is 20.9 Å². The fourth-order valence-corrected chi connectivity index (χ4v) is 1.55. The van der Waals surface area contributed by atoms with Crippen LogP contribution in [0.1, 0.15) is 12.5 Å². The molecule has 0 fully saturated rings. The van der Waals surface area contributed by atoms with Crippen molar-refractivity contribution in [2.45, 2.75) is 19.7 Å². The van der Waals surface area contributed by atoms with Gasteiger partial charge in [0.1, 0.15) is 6.61 Å². The van der Waals surface area contributed by atoms with Crippen LogP contribution in [-0.4, -0.2) is 37.0 Å². The average molecular weight is 264 g/mol. The van der Waals surface area contributed by atoms with Crippen LogP contribution >= 0.6 is 0 Å². The van der Waals surface area contributed by atoms with Crippen LogP contribution in [0.4, 0.5) is 5.69 Å². The number of esters is 1. The van der Waals surface area contributed by atoms with Gasteiger partial charge in [0.15, 0.2) is 6.17 Å². The number of likely N-dealkylation sites (N-methyl/N-ethyl adjacent to an activating group) is 2. The van der Waals surface area contributed by atoms with E-state index in [9.17, 15) is 9.59 Å². The quantitative estimate of drug-likeness (QED) is 0.319. The molecule has 3 N–H and O–H groups in total. The van der Waals surface area contributed by atoms with Gasteiger partial charge in [0.25, 0.3) is 0 Å². The van der Waals surface area contributed by atoms with Crippen molar-refractivity contribution in [3.63, 3.8) is 0 Å². The predicted octanol–water partition coefficient (Wildman–Crippen LogP) is 0.247. The first-order chi connectivity index (χ1) is 9.12. The number of rotatable bonds is 7. The highest BCUT2D eigenvalue weighted by Gasteiger charge is 2.24. The topological polar surface area (TPSA) is 84.7 Å². The maximum absolute atomic E-state index is 11.8. The molecule has 1 rings (SSSR count). The third-order valence-electron chi connectivity index (χ3n) is 2.63. The molecule has 1 radical (unpaired) electrons. The lowest BCUT2D eigenvalue weighted by Crippen LogP contribution is -2.49. The van der Waals surface area contributed by atoms with Crippen LogP contribution in [0.2, 0.25) is 0 Å². The van der Waals surface area contributed by atoms with Crippen molar-refractivity contribution >= 4 is 18.1 Å². The summed E-state index contributed by atoms with van der Waals surface area (Å²) < 4.78 is 5.14. The van der Waals surface area contributed by atoms with Gasteiger partial charge in [-0.15, -0.1) is 0 Å². The number of benzene rings is 1. The summed E-state index contributed by atoms with van der Waals surface area (Å²) in [4.78, 5) is 23.7. The number of nitrogen functional groups attached to an aromatic ring is 1. The maximum atomic E-state index is 11.8. The molecule has 1 aromatic carbocycles. The molecule has 0 aromatic heterocycles. The molecule has 0 bridgehead atoms. The summed E-state index contributed by atoms with van der Waals surface area (Å²) in [6.45, 7) is 2.25. The van der Waals surface area contributed by atoms with Crippen molar-refractivity contribution in [1.29, 1.82) is 0 Å². The van der Waals surface area contributed by atoms with Gasteiger partial charge in [-0.3, -0.25) is 10.1 Å². The van der Waals surface area contributed by atoms with Gasteiger partial charge in [-0.05, 0) is 31.7 Å². The van der Waals surface area contributed by atoms with Gasteiger partial charge in [-0.25, -0.2) is 4.79 Å². The molecule has 0 saturated carbocycles. The smallest absolute Gasteiger partial charge is 0.344 e. The van der Waals surface area contributed by atoms with Crippen molar-refractivity contribution < 1.29 is 14.3 Å². The van der Waals surface area contributed by atoms with E-state index in [-0.39, 0.29) is 6.61 Å². The number of carbonyl (C=O) groups excluding carboxylic acids is 2. The predicted molar refractivity (Wildman–Crippen MR) is 71.6 cm³/mol. The van der Waals surface area contributed by atoms with E-state index in [4.69, 9.17) is 10.5 Å². The van der Waals surface area contributed by atoms with Gasteiger partial charge in [0, 0.05) is 12.2 Å². The standard InChI is InChI=1S/C13H18N3O3/c1-3-16(9-17)12(15-2)13(18)19-8-10-4-6-11(14)7-5-10/h4-7,12,15H,3,8,14H2,1-2H3. The van der Waals surface area contributed by atoms with Gasteiger partial charge < -0.3 is 15.4 Å². The number of amides is 1. The van der Waals surface area contributed by atoms with Crippen LogP contribution in [0, 0.1) is 0 Å². The Morgan fingerprint density at radius 1 is 1.47 bits per heavy atom. The van der Waals surface area contributed by atoms with E-state index in [1.807, 2.05) is 0 Å². The normalized spacial score (nSPS) is 11.7. The van der Waals surface area contributed by atoms with E-state index in [0.717, 1.165) is 5.56 Å². The molecule has 6 heteroatoms. The zero-order valence-corrected chi connectivity index (χ0v) is 11.1. The Balaban J connectivity index is 2.57. The van der Waals surface area contributed by atoms with E-state index in [2.05, 4.69) is 5.32 Å². The summed E-state index contributed by atoms with van der Waals surface area (Å²) in [7, 11) is 1.58. The Labute approximate surface area is 112 Å². The fraction of sp³-hybridized carbons (Fsp3) is 0.385. The highest BCUT2D eigenvalue weighted by Crippen LogP contribution is 2.07. The second-order valence-corrected chi connectivity index (χ2v) is 3.92. The summed E-state index contributed by atoms with van der Waals surface area (Å²) >= 11 is 0. The molecular formula is C13H18N3O3. The largest absolute Gasteiger partial charge is 0.458 e. The van der Waals surface area contributed by atoms with Crippen molar-refractivity contribution in [1.82, 2.24) is 10.2 Å². The molecule has 0 heterocycles. The van der Waals surface area contributed by atoms with Gasteiger partial charge >= 0.3 is 12.4 Å². The number of ether oxygens (including phenoxy) is 1. The average Bonchev–Trinajstić information content (AvgIpc) is 2.43. The summed E-state index contributed by atoms with van der Waals surface area (Å²) in [5.74, 6) is -0.524. The zero-order chi connectivity index (χ0) is 14.3. The summed E-state index contributed by atoms with van der Waals surface area (Å²) in [6, 6.07) is 7.02. The van der Waals surface area contributed by atoms with Gasteiger partial charge in [0.2, 0.25) is 0 Å². The lowest BCUT2D eigenvalue weighted by atomic mass is 10.2. The molecule has 0 aliphatic carbocycles. The Bertz CT molecular complexity index is 420. The molecule has 6 nitrogen and oxygen atoms in total. The Morgan fingerprint density at radius 3 is 2.58 bits per heavy atom. The van der Waals surface area contributed by atoms with E-state index in [1.54, 1.807) is 44.6 Å². The third kappa shape index (κ3) is 4.26. The molecule has 1 atom stereocenters. The van der Waals surface area contributed by atoms with Gasteiger partial charge in [0.05, 0.1) is 0 Å². The minimum absolute atomic E-state index is 0.133. The molecule has 1 unspecified atom stereocenters. The Kier molecular flexibility index (Phi) is 5.81. The van der Waals surface area contributed by atoms with Crippen molar-refractivity contribution in [3.05, 3.63) is 29.8 Å². The molecule has 1 aromatic rings. The zero-order valence-electron chi connectivity index (χ0n) is 11.1. The van der Waals surface area contributed by atoms with Crippen LogP contribution < -0.4 is 11.1 Å². The van der Waals surface area contributed by atoms with Crippen LogP contribution in [0.3, 0.4) is 0 Å². The van der Waals surface area contributed by atoms with Crippen LogP contribution in [0.15, 0.2) is 24.3 Å². The van der Waals surface area contributed by atoms with Gasteiger partial charge in [-0.1, -0.05) is 12.1 Å². The second kappa shape index (κ2) is 7.38. The molecule has 1 amide bonds. The first-order valence-corrected chi connectivity index (χ1v) is 5.95. The highest BCUT2D eigenvalue weighted by atomic mass is 16.5. The number of nitrogens with one attached hydrogen (secondary N) is 1. The SMILES string of the molecule is CCN([C]=O)C(NC)C(=O)OCc1ccc(N)cc1. The first kappa shape index (κ1) is 15.0. The molecule has 0 aliphatic rings. The maximum Gasteiger partial charge on any atom is 0.344 e. The van der Waals surface area contributed by atoms with Crippen molar-refractivity contribution in [3.8, 4) is 0 Å². The molecule has 0 spiro atoms. The van der Waals surface area contributed by atoms with Crippen molar-refractivity contribution in [2.24, 2.45) is 0 Å². The van der Waals surface area contributed by atoms with E-state index < -0.39 is 12.1 Å². The minimum atomic E-state index is -0.823. The molecule has 19 heavy (non-hydrogen) atoms. The number of hydrogen-bond donors (Lipinski definition) is 2. The Hall–Kier alpha value is -2.08. The van der Waals surface area contributed by atoms with Gasteiger partial charge in [-0.2, -0.15) is 0 Å².